The van der Waals surface area contributed by atoms with Gasteiger partial charge in [-0.2, -0.15) is 13.2 Å². The fraction of sp³-hybridized carbons (Fsp3) is 0.308. The Labute approximate surface area is 127 Å². The summed E-state index contributed by atoms with van der Waals surface area (Å²) in [7, 11) is 1.33. The van der Waals surface area contributed by atoms with Gasteiger partial charge in [-0.05, 0) is 30.0 Å². The molecule has 1 heterocycles. The highest BCUT2D eigenvalue weighted by atomic mass is 32.2. The molecule has 0 saturated heterocycles. The van der Waals surface area contributed by atoms with Crippen molar-refractivity contribution in [2.24, 2.45) is 0 Å². The number of benzene rings is 1. The lowest BCUT2D eigenvalue weighted by atomic mass is 10.1. The third-order valence-electron chi connectivity index (χ3n) is 3.01. The van der Waals surface area contributed by atoms with E-state index in [1.54, 1.807) is 0 Å². The van der Waals surface area contributed by atoms with E-state index >= 15 is 0 Å². The van der Waals surface area contributed by atoms with E-state index in [0.717, 1.165) is 4.90 Å². The molecular weight excluding hydrogens is 321 g/mol. The molecule has 5 nitrogen and oxygen atoms in total. The second-order valence-corrected chi connectivity index (χ2v) is 5.64. The number of halogens is 3. The maximum atomic E-state index is 11.9. The molecule has 0 saturated carbocycles. The Hall–Kier alpha value is -2.03. The maximum absolute atomic E-state index is 11.9. The van der Waals surface area contributed by atoms with Crippen LogP contribution in [0.25, 0.3) is 0 Å². The van der Waals surface area contributed by atoms with Crippen molar-refractivity contribution in [3.8, 4) is 0 Å². The number of thioether (sulfide) groups is 1. The fourth-order valence-corrected chi connectivity index (χ4v) is 2.37. The Balaban J connectivity index is 2.01. The normalized spacial score (nSPS) is 14.3. The number of carbonyl (C=O) groups excluding carboxylic acids is 3. The summed E-state index contributed by atoms with van der Waals surface area (Å²) < 4.78 is 35.8. The summed E-state index contributed by atoms with van der Waals surface area (Å²) in [6.45, 7) is -0.160. The topological polar surface area (TPSA) is 66.5 Å². The molecule has 0 unspecified atom stereocenters. The van der Waals surface area contributed by atoms with Gasteiger partial charge >= 0.3 is 5.51 Å². The minimum absolute atomic E-state index is 0.116. The molecule has 9 heteroatoms. The quantitative estimate of drug-likeness (QED) is 0.675. The predicted octanol–water partition coefficient (Wildman–Crippen LogP) is 1.90. The van der Waals surface area contributed by atoms with Crippen LogP contribution in [-0.4, -0.2) is 47.5 Å². The van der Waals surface area contributed by atoms with Crippen molar-refractivity contribution in [3.05, 3.63) is 34.9 Å². The average molecular weight is 332 g/mol. The van der Waals surface area contributed by atoms with E-state index in [9.17, 15) is 27.6 Å². The van der Waals surface area contributed by atoms with Gasteiger partial charge in [0.2, 0.25) is 0 Å². The molecule has 0 fully saturated rings. The van der Waals surface area contributed by atoms with Gasteiger partial charge in [0.05, 0.1) is 11.1 Å². The summed E-state index contributed by atoms with van der Waals surface area (Å²) in [4.78, 5) is 36.2. The van der Waals surface area contributed by atoms with Crippen LogP contribution in [0.15, 0.2) is 18.2 Å². The van der Waals surface area contributed by atoms with Gasteiger partial charge < -0.3 is 5.32 Å². The Morgan fingerprint density at radius 3 is 2.50 bits per heavy atom. The van der Waals surface area contributed by atoms with Crippen LogP contribution in [0.1, 0.15) is 31.1 Å². The summed E-state index contributed by atoms with van der Waals surface area (Å²) in [6.07, 6.45) is 0. The molecule has 3 amide bonds. The monoisotopic (exact) mass is 332 g/mol. The first-order valence-corrected chi connectivity index (χ1v) is 7.14. The minimum atomic E-state index is -4.34. The third-order valence-corrected chi connectivity index (χ3v) is 3.74. The van der Waals surface area contributed by atoms with E-state index in [1.165, 1.54) is 25.2 Å². The Kier molecular flexibility index (Phi) is 4.45. The van der Waals surface area contributed by atoms with E-state index in [1.807, 2.05) is 0 Å². The molecule has 0 aromatic heterocycles. The zero-order chi connectivity index (χ0) is 16.5. The van der Waals surface area contributed by atoms with Crippen LogP contribution >= 0.6 is 11.8 Å². The van der Waals surface area contributed by atoms with Crippen LogP contribution in [0.5, 0.6) is 0 Å². The zero-order valence-electron chi connectivity index (χ0n) is 11.4. The number of hydrogen-bond acceptors (Lipinski definition) is 4. The SMILES string of the molecule is CN1C(=O)c2ccc(C(=O)NCCSC(F)(F)F)cc2C1=O. The number of rotatable bonds is 4. The Morgan fingerprint density at radius 2 is 1.86 bits per heavy atom. The summed E-state index contributed by atoms with van der Waals surface area (Å²) in [5, 5.41) is 2.33. The van der Waals surface area contributed by atoms with E-state index in [2.05, 4.69) is 5.32 Å². The van der Waals surface area contributed by atoms with Crippen LogP contribution in [0.3, 0.4) is 0 Å². The number of hydrogen-bond donors (Lipinski definition) is 1. The molecule has 0 radical (unpaired) electrons. The van der Waals surface area contributed by atoms with Crippen LogP contribution in [0, 0.1) is 0 Å². The van der Waals surface area contributed by atoms with Gasteiger partial charge in [0.15, 0.2) is 0 Å². The predicted molar refractivity (Wildman–Crippen MR) is 73.7 cm³/mol. The maximum Gasteiger partial charge on any atom is 0.441 e. The Bertz CT molecular complexity index is 646. The highest BCUT2D eigenvalue weighted by Crippen LogP contribution is 2.29. The van der Waals surface area contributed by atoms with Crippen molar-refractivity contribution >= 4 is 29.5 Å². The van der Waals surface area contributed by atoms with Crippen molar-refractivity contribution in [1.29, 1.82) is 0 Å². The number of alkyl halides is 3. The van der Waals surface area contributed by atoms with Gasteiger partial charge in [-0.3, -0.25) is 19.3 Å². The number of nitrogens with one attached hydrogen (secondary N) is 1. The van der Waals surface area contributed by atoms with Crippen LogP contribution < -0.4 is 5.32 Å². The lowest BCUT2D eigenvalue weighted by Gasteiger charge is -2.07. The van der Waals surface area contributed by atoms with Crippen molar-refractivity contribution in [1.82, 2.24) is 10.2 Å². The van der Waals surface area contributed by atoms with Gasteiger partial charge in [0, 0.05) is 24.9 Å². The van der Waals surface area contributed by atoms with Crippen molar-refractivity contribution < 1.29 is 27.6 Å². The number of imide groups is 1. The van der Waals surface area contributed by atoms with E-state index in [0.29, 0.717) is 0 Å². The van der Waals surface area contributed by atoms with E-state index in [-0.39, 0.29) is 40.7 Å². The molecule has 0 atom stereocenters. The van der Waals surface area contributed by atoms with Crippen LogP contribution in [0.4, 0.5) is 13.2 Å². The third kappa shape index (κ3) is 3.41. The van der Waals surface area contributed by atoms with Gasteiger partial charge in [0.1, 0.15) is 0 Å². The molecular formula is C13H11F3N2O3S. The van der Waals surface area contributed by atoms with Crippen LogP contribution in [0.2, 0.25) is 0 Å². The highest BCUT2D eigenvalue weighted by molar-refractivity contribution is 8.00. The molecule has 22 heavy (non-hydrogen) atoms. The molecule has 2 rings (SSSR count). The summed E-state index contributed by atoms with van der Waals surface area (Å²) in [5.74, 6) is -1.86. The van der Waals surface area contributed by atoms with Gasteiger partial charge in [-0.1, -0.05) is 0 Å². The molecule has 118 valence electrons. The Morgan fingerprint density at radius 1 is 1.23 bits per heavy atom. The number of fused-ring (bicyclic) bond motifs is 1. The molecule has 1 aromatic carbocycles. The second-order valence-electron chi connectivity index (χ2n) is 4.48. The summed E-state index contributed by atoms with van der Waals surface area (Å²) in [5.41, 5.74) is -3.90. The van der Waals surface area contributed by atoms with Crippen molar-refractivity contribution in [2.45, 2.75) is 5.51 Å². The average Bonchev–Trinajstić information content (AvgIpc) is 2.67. The molecule has 1 N–H and O–H groups in total. The van der Waals surface area contributed by atoms with Crippen LogP contribution in [-0.2, 0) is 0 Å². The number of amides is 3. The molecule has 1 aromatic rings. The number of carbonyl (C=O) groups is 3. The highest BCUT2D eigenvalue weighted by Gasteiger charge is 2.33. The van der Waals surface area contributed by atoms with E-state index < -0.39 is 23.2 Å². The molecule has 0 bridgehead atoms. The van der Waals surface area contributed by atoms with Gasteiger partial charge in [-0.25, -0.2) is 0 Å². The minimum Gasteiger partial charge on any atom is -0.351 e. The standard InChI is InChI=1S/C13H11F3N2O3S/c1-18-11(20)8-3-2-7(6-9(8)12(18)21)10(19)17-4-5-22-13(14,15)16/h2-3,6H,4-5H2,1H3,(H,17,19). The molecule has 0 spiro atoms. The second kappa shape index (κ2) is 5.99. The lowest BCUT2D eigenvalue weighted by molar-refractivity contribution is -0.0327. The molecule has 1 aliphatic heterocycles. The first kappa shape index (κ1) is 16.3. The summed E-state index contributed by atoms with van der Waals surface area (Å²) in [6, 6.07) is 3.99. The largest absolute Gasteiger partial charge is 0.441 e. The number of nitrogens with zero attached hydrogens (tertiary/aromatic N) is 1. The first-order valence-electron chi connectivity index (χ1n) is 6.16. The molecule has 0 aliphatic carbocycles. The van der Waals surface area contributed by atoms with Gasteiger partial charge in [0.25, 0.3) is 17.7 Å². The van der Waals surface area contributed by atoms with Crippen molar-refractivity contribution in [3.63, 3.8) is 0 Å². The zero-order valence-corrected chi connectivity index (χ0v) is 12.2. The lowest BCUT2D eigenvalue weighted by Crippen LogP contribution is -2.26. The molecule has 1 aliphatic rings. The summed E-state index contributed by atoms with van der Waals surface area (Å²) >= 11 is -0.228. The smallest absolute Gasteiger partial charge is 0.351 e. The van der Waals surface area contributed by atoms with Crippen molar-refractivity contribution in [2.75, 3.05) is 19.3 Å². The van der Waals surface area contributed by atoms with E-state index in [4.69, 9.17) is 0 Å². The van der Waals surface area contributed by atoms with Gasteiger partial charge in [-0.15, -0.1) is 0 Å². The first-order chi connectivity index (χ1) is 10.2. The fourth-order valence-electron chi connectivity index (χ4n) is 1.94.